The van der Waals surface area contributed by atoms with E-state index in [9.17, 15) is 18.0 Å². The van der Waals surface area contributed by atoms with Gasteiger partial charge in [0, 0.05) is 37.0 Å². The molecule has 1 amide bonds. The lowest BCUT2D eigenvalue weighted by molar-refractivity contribution is -0.175. The van der Waals surface area contributed by atoms with Crippen LogP contribution >= 0.6 is 0 Å². The van der Waals surface area contributed by atoms with E-state index in [4.69, 9.17) is 0 Å². The van der Waals surface area contributed by atoms with E-state index in [1.54, 1.807) is 6.07 Å². The SMILES string of the molecule is CC(C)(C)[C@@H]1C[C@@H](C(F)(F)F)n2nc([C@@H]3CCN(C(=O)C4[C@H]5CCCC[C@H]45)C3)cc2N1. The fourth-order valence-electron chi connectivity index (χ4n) is 6.13. The van der Waals surface area contributed by atoms with Gasteiger partial charge >= 0.3 is 6.18 Å². The van der Waals surface area contributed by atoms with E-state index in [-0.39, 0.29) is 35.6 Å². The first kappa shape index (κ1) is 21.1. The largest absolute Gasteiger partial charge is 0.410 e. The molecule has 3 heterocycles. The van der Waals surface area contributed by atoms with Gasteiger partial charge in [0.2, 0.25) is 5.91 Å². The second-order valence-corrected chi connectivity index (χ2v) is 11.2. The van der Waals surface area contributed by atoms with E-state index in [2.05, 4.69) is 10.4 Å². The summed E-state index contributed by atoms with van der Waals surface area (Å²) in [6, 6.07) is -0.113. The number of carbonyl (C=O) groups is 1. The summed E-state index contributed by atoms with van der Waals surface area (Å²) in [7, 11) is 0. The van der Waals surface area contributed by atoms with Crippen LogP contribution in [0.25, 0.3) is 0 Å². The van der Waals surface area contributed by atoms with Crippen molar-refractivity contribution >= 4 is 11.7 Å². The molecular formula is C23H33F3N4O. The van der Waals surface area contributed by atoms with Gasteiger partial charge in [-0.05, 0) is 42.9 Å². The Kier molecular flexibility index (Phi) is 4.87. The van der Waals surface area contributed by atoms with Crippen molar-refractivity contribution in [2.24, 2.45) is 23.2 Å². The van der Waals surface area contributed by atoms with Crippen molar-refractivity contribution in [1.29, 1.82) is 0 Å². The van der Waals surface area contributed by atoms with Gasteiger partial charge in [0.15, 0.2) is 6.04 Å². The Morgan fingerprint density at radius 3 is 2.42 bits per heavy atom. The molecule has 1 aromatic rings. The van der Waals surface area contributed by atoms with Crippen LogP contribution in [0.3, 0.4) is 0 Å². The first-order valence-electron chi connectivity index (χ1n) is 11.8. The van der Waals surface area contributed by atoms with Gasteiger partial charge in [-0.3, -0.25) is 4.79 Å². The monoisotopic (exact) mass is 438 g/mol. The van der Waals surface area contributed by atoms with Crippen LogP contribution in [0, 0.1) is 23.2 Å². The third kappa shape index (κ3) is 3.74. The predicted molar refractivity (Wildman–Crippen MR) is 112 cm³/mol. The van der Waals surface area contributed by atoms with Crippen molar-refractivity contribution in [1.82, 2.24) is 14.7 Å². The van der Waals surface area contributed by atoms with Crippen molar-refractivity contribution < 1.29 is 18.0 Å². The van der Waals surface area contributed by atoms with Crippen molar-refractivity contribution in [3.63, 3.8) is 0 Å². The number of carbonyl (C=O) groups excluding carboxylic acids is 1. The average Bonchev–Trinajstić information content (AvgIpc) is 3.02. The van der Waals surface area contributed by atoms with Gasteiger partial charge in [0.05, 0.1) is 5.69 Å². The molecule has 1 saturated heterocycles. The quantitative estimate of drug-likeness (QED) is 0.709. The van der Waals surface area contributed by atoms with Crippen molar-refractivity contribution in [3.8, 4) is 0 Å². The summed E-state index contributed by atoms with van der Waals surface area (Å²) in [4.78, 5) is 15.0. The lowest BCUT2D eigenvalue weighted by Gasteiger charge is -2.39. The standard InChI is InChI=1S/C23H33F3N4O/c1-22(2,3)17-11-18(23(24,25)26)30-19(27-17)10-16(28-30)13-8-9-29(12-13)21(31)20-14-6-4-5-7-15(14)20/h10,13-15,17-18,20,27H,4-9,11-12H2,1-3H3/t13-,14+,15+,17+,18+/m1/s1. The first-order chi connectivity index (χ1) is 14.5. The third-order valence-corrected chi connectivity index (χ3v) is 8.11. The van der Waals surface area contributed by atoms with Gasteiger partial charge < -0.3 is 10.2 Å². The number of alkyl halides is 3. The number of amides is 1. The van der Waals surface area contributed by atoms with Crippen molar-refractivity contribution in [2.45, 2.75) is 83.5 Å². The number of hydrogen-bond acceptors (Lipinski definition) is 3. The highest BCUT2D eigenvalue weighted by atomic mass is 19.4. The van der Waals surface area contributed by atoms with Gasteiger partial charge in [-0.1, -0.05) is 33.6 Å². The molecule has 5 nitrogen and oxygen atoms in total. The van der Waals surface area contributed by atoms with Crippen molar-refractivity contribution in [2.75, 3.05) is 18.4 Å². The second kappa shape index (κ2) is 7.14. The summed E-state index contributed by atoms with van der Waals surface area (Å²) in [6.45, 7) is 7.13. The molecule has 2 saturated carbocycles. The van der Waals surface area contributed by atoms with Gasteiger partial charge in [-0.15, -0.1) is 0 Å². The molecular weight excluding hydrogens is 405 g/mol. The highest BCUT2D eigenvalue weighted by Gasteiger charge is 2.56. The van der Waals surface area contributed by atoms with E-state index >= 15 is 0 Å². The minimum absolute atomic E-state index is 0.00611. The van der Waals surface area contributed by atoms with E-state index in [1.165, 1.54) is 25.7 Å². The molecule has 8 heteroatoms. The Morgan fingerprint density at radius 1 is 1.13 bits per heavy atom. The third-order valence-electron chi connectivity index (χ3n) is 8.11. The minimum Gasteiger partial charge on any atom is -0.367 e. The molecule has 1 aromatic heterocycles. The molecule has 31 heavy (non-hydrogen) atoms. The number of anilines is 1. The molecule has 0 aromatic carbocycles. The molecule has 172 valence electrons. The predicted octanol–water partition coefficient (Wildman–Crippen LogP) is 4.97. The van der Waals surface area contributed by atoms with Gasteiger partial charge in [-0.25, -0.2) is 4.68 Å². The molecule has 2 aliphatic carbocycles. The van der Waals surface area contributed by atoms with Crippen LogP contribution in [-0.2, 0) is 4.79 Å². The van der Waals surface area contributed by atoms with Crippen LogP contribution in [0.4, 0.5) is 19.0 Å². The molecule has 2 aliphatic heterocycles. The maximum atomic E-state index is 13.8. The van der Waals surface area contributed by atoms with Crippen LogP contribution in [0.1, 0.15) is 76.9 Å². The smallest absolute Gasteiger partial charge is 0.367 e. The number of aromatic nitrogens is 2. The molecule has 5 rings (SSSR count). The Balaban J connectivity index is 1.32. The lowest BCUT2D eigenvalue weighted by Crippen LogP contribution is -2.44. The van der Waals surface area contributed by atoms with Gasteiger partial charge in [-0.2, -0.15) is 18.3 Å². The van der Waals surface area contributed by atoms with Crippen LogP contribution < -0.4 is 5.32 Å². The fourth-order valence-corrected chi connectivity index (χ4v) is 6.13. The van der Waals surface area contributed by atoms with E-state index in [1.807, 2.05) is 25.7 Å². The molecule has 0 spiro atoms. The normalized spacial score (nSPS) is 35.4. The summed E-state index contributed by atoms with van der Waals surface area (Å²) >= 11 is 0. The second-order valence-electron chi connectivity index (χ2n) is 11.2. The number of nitrogens with zero attached hydrogens (tertiary/aromatic N) is 3. The summed E-state index contributed by atoms with van der Waals surface area (Å²) < 4.78 is 42.6. The zero-order valence-corrected chi connectivity index (χ0v) is 18.6. The molecule has 4 aliphatic rings. The summed E-state index contributed by atoms with van der Waals surface area (Å²) in [5.74, 6) is 2.06. The minimum atomic E-state index is -4.34. The van der Waals surface area contributed by atoms with Gasteiger partial charge in [0.1, 0.15) is 5.82 Å². The number of hydrogen-bond donors (Lipinski definition) is 1. The number of fused-ring (bicyclic) bond motifs is 2. The Hall–Kier alpha value is -1.73. The molecule has 0 bridgehead atoms. The molecule has 0 unspecified atom stereocenters. The van der Waals surface area contributed by atoms with Crippen LogP contribution in [-0.4, -0.2) is 45.9 Å². The summed E-state index contributed by atoms with van der Waals surface area (Å²) in [5, 5.41) is 7.72. The van der Waals surface area contributed by atoms with E-state index < -0.39 is 12.2 Å². The molecule has 1 N–H and O–H groups in total. The van der Waals surface area contributed by atoms with E-state index in [0.29, 0.717) is 36.4 Å². The number of halogens is 3. The average molecular weight is 439 g/mol. The maximum absolute atomic E-state index is 13.8. The topological polar surface area (TPSA) is 50.2 Å². The molecule has 0 radical (unpaired) electrons. The van der Waals surface area contributed by atoms with Crippen LogP contribution in [0.2, 0.25) is 0 Å². The first-order valence-corrected chi connectivity index (χ1v) is 11.8. The fraction of sp³-hybridized carbons (Fsp3) is 0.826. The van der Waals surface area contributed by atoms with Gasteiger partial charge in [0.25, 0.3) is 0 Å². The lowest BCUT2D eigenvalue weighted by atomic mass is 9.82. The Labute approximate surface area is 181 Å². The highest BCUT2D eigenvalue weighted by Crippen LogP contribution is 2.56. The summed E-state index contributed by atoms with van der Waals surface area (Å²) in [6.07, 6.45) is 1.21. The highest BCUT2D eigenvalue weighted by molar-refractivity contribution is 5.82. The zero-order chi connectivity index (χ0) is 22.1. The van der Waals surface area contributed by atoms with Crippen LogP contribution in [0.5, 0.6) is 0 Å². The van der Waals surface area contributed by atoms with Crippen molar-refractivity contribution in [3.05, 3.63) is 11.8 Å². The Morgan fingerprint density at radius 2 is 1.81 bits per heavy atom. The Bertz CT molecular complexity index is 846. The van der Waals surface area contributed by atoms with E-state index in [0.717, 1.165) is 11.1 Å². The maximum Gasteiger partial charge on any atom is 0.410 e. The number of nitrogens with one attached hydrogen (secondary N) is 1. The zero-order valence-electron chi connectivity index (χ0n) is 18.6. The molecule has 5 atom stereocenters. The van der Waals surface area contributed by atoms with Crippen LogP contribution in [0.15, 0.2) is 6.07 Å². The number of rotatable bonds is 2. The number of likely N-dealkylation sites (tertiary alicyclic amines) is 1. The molecule has 3 fully saturated rings. The summed E-state index contributed by atoms with van der Waals surface area (Å²) in [5.41, 5.74) is 0.381.